The van der Waals surface area contributed by atoms with Crippen LogP contribution in [0.3, 0.4) is 0 Å². The minimum atomic E-state index is -5.14. The third-order valence-corrected chi connectivity index (χ3v) is 0. The van der Waals surface area contributed by atoms with Gasteiger partial charge in [-0.15, -0.1) is 4.20 Å². The summed E-state index contributed by atoms with van der Waals surface area (Å²) in [5, 5.41) is 0. The van der Waals surface area contributed by atoms with Crippen molar-refractivity contribution in [1.29, 1.82) is 0 Å². The van der Waals surface area contributed by atoms with Crippen LogP contribution in [-0.2, 0) is 21.6 Å². The Labute approximate surface area is 44.3 Å². The first-order chi connectivity index (χ1) is 2.00. The van der Waals surface area contributed by atoms with Gasteiger partial charge in [-0.2, -0.15) is 0 Å². The summed E-state index contributed by atoms with van der Waals surface area (Å²) in [6.45, 7) is 0. The molecule has 0 fully saturated rings. The fourth-order valence-electron chi connectivity index (χ4n) is 0. The van der Waals surface area contributed by atoms with Gasteiger partial charge in [-0.25, -0.2) is 4.57 Å². The second-order valence-corrected chi connectivity index (χ2v) is 1.42. The fourth-order valence-corrected chi connectivity index (χ4v) is 0. The molecule has 6 heteroatoms. The molecule has 0 rings (SSSR count). The Kier molecular flexibility index (Phi) is 4.43. The van der Waals surface area contributed by atoms with E-state index in [1.165, 1.54) is 0 Å². The van der Waals surface area contributed by atoms with Crippen LogP contribution in [0, 0.1) is 0 Å². The van der Waals surface area contributed by atoms with Crippen molar-refractivity contribution < 1.29 is 35.6 Å². The molecular weight excluding hydrogens is 162 g/mol. The molecule has 2 N–H and O–H groups in total. The van der Waals surface area contributed by atoms with E-state index in [0.717, 1.165) is 0 Å². The molecule has 0 saturated carbocycles. The maximum absolute atomic E-state index is 10.4. The molecule has 0 unspecified atom stereocenters. The third kappa shape index (κ3) is 166. The zero-order valence-electron chi connectivity index (χ0n) is 2.43. The minimum absolute atomic E-state index is 0. The van der Waals surface area contributed by atoms with Crippen LogP contribution in [-0.4, -0.2) is 9.79 Å². The predicted molar refractivity (Wildman–Crippen MR) is 13.2 cm³/mol. The maximum atomic E-state index is 10.4. The monoisotopic (exact) mass is 163 g/mol. The van der Waals surface area contributed by atoms with Crippen molar-refractivity contribution in [1.82, 2.24) is 0 Å². The number of rotatable bonds is 0. The van der Waals surface area contributed by atoms with Crippen molar-refractivity contribution in [2.45, 2.75) is 0 Å². The quantitative estimate of drug-likeness (QED) is 0.392. The van der Waals surface area contributed by atoms with E-state index in [1.807, 2.05) is 0 Å². The minimum Gasteiger partial charge on any atom is -0.299 e. The molecule has 0 aromatic carbocycles. The predicted octanol–water partition coefficient (Wildman–Crippen LogP) is 0.0461. The van der Waals surface area contributed by atoms with E-state index in [2.05, 4.69) is 0 Å². The van der Waals surface area contributed by atoms with Crippen LogP contribution in [0.4, 0.5) is 4.20 Å². The second kappa shape index (κ2) is 2.72. The Bertz CT molecular complexity index is 56.9. The summed E-state index contributed by atoms with van der Waals surface area (Å²) in [5.41, 5.74) is 0. The number of halogens is 1. The average molecular weight is 164 g/mol. The SMILES string of the molecule is O=P(O)(O)F.[Cu]. The Morgan fingerprint density at radius 3 is 1.50 bits per heavy atom. The molecule has 0 atom stereocenters. The Morgan fingerprint density at radius 2 is 1.50 bits per heavy atom. The van der Waals surface area contributed by atoms with E-state index in [4.69, 9.17) is 14.4 Å². The van der Waals surface area contributed by atoms with Gasteiger partial charge in [0.1, 0.15) is 0 Å². The van der Waals surface area contributed by atoms with Crippen molar-refractivity contribution in [3.63, 3.8) is 0 Å². The fraction of sp³-hybridized carbons (Fsp3) is 0. The molecule has 0 aliphatic rings. The zero-order chi connectivity index (χ0) is 4.50. The van der Waals surface area contributed by atoms with E-state index < -0.39 is 7.91 Å². The average Bonchev–Trinajstić information content (AvgIpc) is 0.722. The van der Waals surface area contributed by atoms with Crippen LogP contribution in [0.25, 0.3) is 0 Å². The largest absolute Gasteiger partial charge is 0.507 e. The van der Waals surface area contributed by atoms with Gasteiger partial charge in [0.2, 0.25) is 0 Å². The Hall–Kier alpha value is 0.599. The molecule has 0 heterocycles. The van der Waals surface area contributed by atoms with Gasteiger partial charge in [0.15, 0.2) is 0 Å². The van der Waals surface area contributed by atoms with Crippen molar-refractivity contribution in [3.05, 3.63) is 0 Å². The summed E-state index contributed by atoms with van der Waals surface area (Å²) < 4.78 is 19.0. The third-order valence-electron chi connectivity index (χ3n) is 0. The summed E-state index contributed by atoms with van der Waals surface area (Å²) in [4.78, 5) is 13.9. The summed E-state index contributed by atoms with van der Waals surface area (Å²) in [7, 11) is -5.14. The van der Waals surface area contributed by atoms with Crippen LogP contribution in [0.5, 0.6) is 0 Å². The van der Waals surface area contributed by atoms with Crippen molar-refractivity contribution in [2.24, 2.45) is 0 Å². The molecule has 0 spiro atoms. The molecule has 3 nitrogen and oxygen atoms in total. The van der Waals surface area contributed by atoms with Crippen molar-refractivity contribution >= 4 is 7.91 Å². The van der Waals surface area contributed by atoms with E-state index in [0.29, 0.717) is 0 Å². The summed E-state index contributed by atoms with van der Waals surface area (Å²) >= 11 is 0. The molecule has 6 heavy (non-hydrogen) atoms. The Morgan fingerprint density at radius 1 is 1.50 bits per heavy atom. The van der Waals surface area contributed by atoms with Gasteiger partial charge < -0.3 is 0 Å². The van der Waals surface area contributed by atoms with E-state index in [-0.39, 0.29) is 17.1 Å². The van der Waals surface area contributed by atoms with Gasteiger partial charge in [-0.3, -0.25) is 9.79 Å². The summed E-state index contributed by atoms with van der Waals surface area (Å²) in [6, 6.07) is 0. The van der Waals surface area contributed by atoms with Crippen LogP contribution >= 0.6 is 7.91 Å². The van der Waals surface area contributed by atoms with Gasteiger partial charge in [0.05, 0.1) is 0 Å². The van der Waals surface area contributed by atoms with E-state index in [1.54, 1.807) is 0 Å². The van der Waals surface area contributed by atoms with Crippen molar-refractivity contribution in [2.75, 3.05) is 0 Å². The smallest absolute Gasteiger partial charge is 0.299 e. The molecule has 1 radical (unpaired) electrons. The number of hydrogen-bond acceptors (Lipinski definition) is 1. The van der Waals surface area contributed by atoms with Crippen LogP contribution in [0.1, 0.15) is 0 Å². The molecule has 0 aromatic rings. The first-order valence-electron chi connectivity index (χ1n) is 0.752. The molecular formula is H2CuFO3P. The standard InChI is InChI=1S/Cu.FH2O3P/c;1-5(2,3)4/h;(H2,2,3,4). The topological polar surface area (TPSA) is 57.5 Å². The van der Waals surface area contributed by atoms with Crippen LogP contribution in [0.15, 0.2) is 0 Å². The second-order valence-electron chi connectivity index (χ2n) is 0.473. The molecule has 43 valence electrons. The molecule has 0 bridgehead atoms. The first kappa shape index (κ1) is 9.78. The van der Waals surface area contributed by atoms with Crippen LogP contribution in [0.2, 0.25) is 0 Å². The maximum Gasteiger partial charge on any atom is 0.507 e. The van der Waals surface area contributed by atoms with Crippen molar-refractivity contribution in [3.8, 4) is 0 Å². The van der Waals surface area contributed by atoms with Gasteiger partial charge in [-0.1, -0.05) is 0 Å². The molecule has 0 aromatic heterocycles. The van der Waals surface area contributed by atoms with Crippen LogP contribution < -0.4 is 0 Å². The zero-order valence-corrected chi connectivity index (χ0v) is 4.27. The van der Waals surface area contributed by atoms with E-state index >= 15 is 0 Å². The summed E-state index contributed by atoms with van der Waals surface area (Å²) in [6.07, 6.45) is 0. The molecule has 0 saturated heterocycles. The van der Waals surface area contributed by atoms with E-state index in [9.17, 15) is 4.20 Å². The normalized spacial score (nSPS) is 9.83. The van der Waals surface area contributed by atoms with Gasteiger partial charge in [-0.05, 0) is 0 Å². The molecule has 0 amide bonds. The molecule has 0 aliphatic heterocycles. The van der Waals surface area contributed by atoms with Gasteiger partial charge in [0, 0.05) is 17.1 Å². The molecule has 0 aliphatic carbocycles. The van der Waals surface area contributed by atoms with Gasteiger partial charge >= 0.3 is 7.91 Å². The summed E-state index contributed by atoms with van der Waals surface area (Å²) in [5.74, 6) is 0. The number of hydrogen-bond donors (Lipinski definition) is 2. The van der Waals surface area contributed by atoms with Gasteiger partial charge in [0.25, 0.3) is 0 Å². The Balaban J connectivity index is 0. The first-order valence-corrected chi connectivity index (χ1v) is 2.25.